The second-order valence-corrected chi connectivity index (χ2v) is 5.68. The van der Waals surface area contributed by atoms with E-state index < -0.39 is 6.29 Å². The van der Waals surface area contributed by atoms with E-state index in [1.165, 1.54) is 6.42 Å². The molecule has 98 valence electrons. The van der Waals surface area contributed by atoms with Gasteiger partial charge in [0.25, 0.3) is 0 Å². The minimum atomic E-state index is -0.403. The van der Waals surface area contributed by atoms with Crippen LogP contribution in [0.25, 0.3) is 0 Å². The van der Waals surface area contributed by atoms with E-state index >= 15 is 0 Å². The number of fused-ring (bicyclic) bond motifs is 2. The molecule has 0 N–H and O–H groups in total. The van der Waals surface area contributed by atoms with Crippen molar-refractivity contribution in [3.63, 3.8) is 0 Å². The van der Waals surface area contributed by atoms with Crippen molar-refractivity contribution in [2.24, 2.45) is 29.6 Å². The lowest BCUT2D eigenvalue weighted by Crippen LogP contribution is -2.33. The smallest absolute Gasteiger partial charge is 0.311 e. The van der Waals surface area contributed by atoms with Crippen LogP contribution in [-0.2, 0) is 14.3 Å². The molecule has 2 rings (SSSR count). The van der Waals surface area contributed by atoms with E-state index in [2.05, 4.69) is 13.8 Å². The highest BCUT2D eigenvalue weighted by Gasteiger charge is 2.51. The van der Waals surface area contributed by atoms with E-state index in [-0.39, 0.29) is 11.9 Å². The molecule has 0 saturated heterocycles. The van der Waals surface area contributed by atoms with Crippen molar-refractivity contribution >= 4 is 5.97 Å². The van der Waals surface area contributed by atoms with Crippen LogP contribution < -0.4 is 0 Å². The third-order valence-electron chi connectivity index (χ3n) is 4.88. The number of hydrogen-bond acceptors (Lipinski definition) is 3. The van der Waals surface area contributed by atoms with Crippen molar-refractivity contribution < 1.29 is 14.3 Å². The molecule has 2 fully saturated rings. The van der Waals surface area contributed by atoms with Gasteiger partial charge in [-0.2, -0.15) is 0 Å². The van der Waals surface area contributed by atoms with Crippen molar-refractivity contribution in [3.05, 3.63) is 0 Å². The molecule has 6 atom stereocenters. The molecule has 0 heterocycles. The molecule has 0 spiro atoms. The molecule has 0 aliphatic heterocycles. The Morgan fingerprint density at radius 2 is 2.00 bits per heavy atom. The molecule has 2 aliphatic carbocycles. The zero-order chi connectivity index (χ0) is 12.6. The first kappa shape index (κ1) is 12.9. The van der Waals surface area contributed by atoms with Crippen LogP contribution in [0.2, 0.25) is 0 Å². The van der Waals surface area contributed by atoms with Gasteiger partial charge in [-0.15, -0.1) is 0 Å². The largest absolute Gasteiger partial charge is 0.436 e. The maximum absolute atomic E-state index is 12.1. The van der Waals surface area contributed by atoms with Gasteiger partial charge >= 0.3 is 5.97 Å². The van der Waals surface area contributed by atoms with Gasteiger partial charge in [-0.3, -0.25) is 4.79 Å². The summed E-state index contributed by atoms with van der Waals surface area (Å²) < 4.78 is 10.6. The van der Waals surface area contributed by atoms with Crippen LogP contribution >= 0.6 is 0 Å². The lowest BCUT2D eigenvalue weighted by atomic mass is 9.76. The predicted octanol–water partition coefficient (Wildman–Crippen LogP) is 2.84. The summed E-state index contributed by atoms with van der Waals surface area (Å²) in [5.41, 5.74) is 0. The Morgan fingerprint density at radius 1 is 1.29 bits per heavy atom. The van der Waals surface area contributed by atoms with E-state index in [0.29, 0.717) is 18.4 Å². The van der Waals surface area contributed by atoms with Gasteiger partial charge in [0.15, 0.2) is 6.29 Å². The van der Waals surface area contributed by atoms with Crippen molar-refractivity contribution in [3.8, 4) is 0 Å². The average molecular weight is 240 g/mol. The molecule has 0 aromatic heterocycles. The van der Waals surface area contributed by atoms with Crippen LogP contribution in [0.15, 0.2) is 0 Å². The molecular formula is C14H24O3. The zero-order valence-corrected chi connectivity index (χ0v) is 11.3. The summed E-state index contributed by atoms with van der Waals surface area (Å²) in [6.07, 6.45) is 1.83. The Kier molecular flexibility index (Phi) is 3.76. The lowest BCUT2D eigenvalue weighted by Gasteiger charge is -2.30. The van der Waals surface area contributed by atoms with Crippen molar-refractivity contribution in [1.29, 1.82) is 0 Å². The van der Waals surface area contributed by atoms with Crippen LogP contribution in [0.4, 0.5) is 0 Å². The molecular weight excluding hydrogens is 216 g/mol. The van der Waals surface area contributed by atoms with Crippen molar-refractivity contribution in [1.82, 2.24) is 0 Å². The highest BCUT2D eigenvalue weighted by atomic mass is 16.7. The fraction of sp³-hybridized carbons (Fsp3) is 0.929. The van der Waals surface area contributed by atoms with Gasteiger partial charge in [0.2, 0.25) is 0 Å². The summed E-state index contributed by atoms with van der Waals surface area (Å²) in [6.45, 7) is 8.88. The highest BCUT2D eigenvalue weighted by molar-refractivity contribution is 5.73. The molecule has 0 aromatic rings. The molecule has 6 unspecified atom stereocenters. The third-order valence-corrected chi connectivity index (χ3v) is 4.88. The van der Waals surface area contributed by atoms with E-state index in [1.54, 1.807) is 6.92 Å². The maximum atomic E-state index is 12.1. The Bertz CT molecular complexity index is 287. The molecule has 0 aromatic carbocycles. The molecule has 2 aliphatic rings. The SMILES string of the molecule is CCOC(C)OC(=O)C1CC2CC1C(C)C2C. The summed E-state index contributed by atoms with van der Waals surface area (Å²) >= 11 is 0. The maximum Gasteiger partial charge on any atom is 0.311 e. The van der Waals surface area contributed by atoms with Gasteiger partial charge in [0, 0.05) is 6.61 Å². The Morgan fingerprint density at radius 3 is 2.53 bits per heavy atom. The topological polar surface area (TPSA) is 35.5 Å². The van der Waals surface area contributed by atoms with Gasteiger partial charge in [-0.05, 0) is 50.4 Å². The fourth-order valence-corrected chi connectivity index (χ4v) is 3.73. The van der Waals surface area contributed by atoms with E-state index in [0.717, 1.165) is 18.3 Å². The fourth-order valence-electron chi connectivity index (χ4n) is 3.73. The Labute approximate surface area is 104 Å². The normalized spacial score (nSPS) is 41.5. The minimum absolute atomic E-state index is 0.0443. The molecule has 3 heteroatoms. The van der Waals surface area contributed by atoms with E-state index in [9.17, 15) is 4.79 Å². The molecule has 0 radical (unpaired) electrons. The number of carbonyl (C=O) groups excluding carboxylic acids is 1. The van der Waals surface area contributed by atoms with E-state index in [1.807, 2.05) is 6.92 Å². The van der Waals surface area contributed by atoms with Crippen LogP contribution in [0.5, 0.6) is 0 Å². The standard InChI is InChI=1S/C14H24O3/c1-5-16-10(4)17-14(15)13-7-11-6-12(13)9(3)8(11)2/h8-13H,5-7H2,1-4H3. The first-order valence-electron chi connectivity index (χ1n) is 6.86. The van der Waals surface area contributed by atoms with Gasteiger partial charge in [-0.1, -0.05) is 13.8 Å². The van der Waals surface area contributed by atoms with Crippen molar-refractivity contribution in [2.45, 2.75) is 46.8 Å². The van der Waals surface area contributed by atoms with Gasteiger partial charge < -0.3 is 9.47 Å². The monoisotopic (exact) mass is 240 g/mol. The number of hydrogen-bond donors (Lipinski definition) is 0. The molecule has 3 nitrogen and oxygen atoms in total. The summed E-state index contributed by atoms with van der Waals surface area (Å²) in [6, 6.07) is 0. The van der Waals surface area contributed by atoms with Crippen molar-refractivity contribution in [2.75, 3.05) is 6.61 Å². The predicted molar refractivity (Wildman–Crippen MR) is 65.2 cm³/mol. The van der Waals surface area contributed by atoms with E-state index in [4.69, 9.17) is 9.47 Å². The number of ether oxygens (including phenoxy) is 2. The molecule has 2 saturated carbocycles. The summed E-state index contributed by atoms with van der Waals surface area (Å²) in [5, 5.41) is 0. The van der Waals surface area contributed by atoms with Gasteiger partial charge in [0.1, 0.15) is 0 Å². The summed E-state index contributed by atoms with van der Waals surface area (Å²) in [7, 11) is 0. The quantitative estimate of drug-likeness (QED) is 0.560. The van der Waals surface area contributed by atoms with Gasteiger partial charge in [0.05, 0.1) is 5.92 Å². The number of esters is 1. The minimum Gasteiger partial charge on any atom is -0.436 e. The zero-order valence-electron chi connectivity index (χ0n) is 11.3. The first-order chi connectivity index (χ1) is 8.04. The van der Waals surface area contributed by atoms with Crippen LogP contribution in [0.1, 0.15) is 40.5 Å². The molecule has 0 amide bonds. The van der Waals surface area contributed by atoms with Crippen LogP contribution in [-0.4, -0.2) is 18.9 Å². The number of rotatable bonds is 4. The Hall–Kier alpha value is -0.570. The highest BCUT2D eigenvalue weighted by Crippen LogP contribution is 2.55. The summed E-state index contributed by atoms with van der Waals surface area (Å²) in [5.74, 6) is 2.78. The molecule has 17 heavy (non-hydrogen) atoms. The van der Waals surface area contributed by atoms with Gasteiger partial charge in [-0.25, -0.2) is 0 Å². The second-order valence-electron chi connectivity index (χ2n) is 5.68. The summed E-state index contributed by atoms with van der Waals surface area (Å²) in [4.78, 5) is 12.1. The third kappa shape index (κ3) is 2.35. The molecule has 2 bridgehead atoms. The average Bonchev–Trinajstić information content (AvgIpc) is 2.80. The van der Waals surface area contributed by atoms with Crippen LogP contribution in [0.3, 0.4) is 0 Å². The second kappa shape index (κ2) is 4.97. The lowest BCUT2D eigenvalue weighted by molar-refractivity contribution is -0.181. The van der Waals surface area contributed by atoms with Crippen LogP contribution in [0, 0.1) is 29.6 Å². The Balaban J connectivity index is 1.90. The first-order valence-corrected chi connectivity index (χ1v) is 6.86. The number of carbonyl (C=O) groups is 1.